The van der Waals surface area contributed by atoms with E-state index in [-0.39, 0.29) is 17.1 Å². The van der Waals surface area contributed by atoms with Crippen molar-refractivity contribution in [3.05, 3.63) is 23.5 Å². The summed E-state index contributed by atoms with van der Waals surface area (Å²) in [5.74, 6) is -0.936. The molecule has 0 amide bonds. The van der Waals surface area contributed by atoms with Crippen LogP contribution in [0.1, 0.15) is 10.4 Å². The molecule has 0 N–H and O–H groups in total. The number of methoxy groups -OCH3 is 2. The lowest BCUT2D eigenvalue weighted by Gasteiger charge is -2.08. The largest absolute Gasteiger partial charge is 0.494 e. The van der Waals surface area contributed by atoms with E-state index in [1.807, 2.05) is 0 Å². The summed E-state index contributed by atoms with van der Waals surface area (Å²) in [5, 5.41) is -0.775. The summed E-state index contributed by atoms with van der Waals surface area (Å²) in [6.45, 7) is 0. The predicted octanol–water partition coefficient (Wildman–Crippen LogP) is 2.22. The molecule has 0 unspecified atom stereocenters. The molecule has 1 rings (SSSR count). The fourth-order valence-corrected chi connectivity index (χ4v) is 1.20. The van der Waals surface area contributed by atoms with Crippen molar-refractivity contribution in [2.24, 2.45) is 0 Å². The van der Waals surface area contributed by atoms with Gasteiger partial charge in [0.25, 0.3) is 5.24 Å². The first-order valence-electron chi connectivity index (χ1n) is 3.72. The van der Waals surface area contributed by atoms with Gasteiger partial charge in [0, 0.05) is 0 Å². The Morgan fingerprint density at radius 2 is 2.00 bits per heavy atom. The summed E-state index contributed by atoms with van der Waals surface area (Å²) in [4.78, 5) is 10.9. The number of ether oxygens (including phenoxy) is 2. The number of rotatable bonds is 3. The number of carbonyl (C=O) groups excluding carboxylic acids is 1. The van der Waals surface area contributed by atoms with Crippen LogP contribution in [0.5, 0.6) is 11.5 Å². The van der Waals surface area contributed by atoms with E-state index in [1.54, 1.807) is 0 Å². The van der Waals surface area contributed by atoms with Crippen LogP contribution >= 0.6 is 11.6 Å². The van der Waals surface area contributed by atoms with Gasteiger partial charge in [-0.25, -0.2) is 0 Å². The Labute approximate surface area is 85.4 Å². The van der Waals surface area contributed by atoms with Gasteiger partial charge in [-0.2, -0.15) is 4.39 Å². The second-order valence-electron chi connectivity index (χ2n) is 2.44. The van der Waals surface area contributed by atoms with Crippen LogP contribution in [0, 0.1) is 5.82 Å². The molecule has 0 spiro atoms. The molecular formula is C9H8ClFO3. The Balaban J connectivity index is 3.35. The molecule has 0 aliphatic heterocycles. The summed E-state index contributed by atoms with van der Waals surface area (Å²) in [6.07, 6.45) is 0. The monoisotopic (exact) mass is 218 g/mol. The lowest BCUT2D eigenvalue weighted by Crippen LogP contribution is -2.00. The van der Waals surface area contributed by atoms with E-state index in [2.05, 4.69) is 0 Å². The van der Waals surface area contributed by atoms with Gasteiger partial charge in [-0.1, -0.05) is 0 Å². The van der Waals surface area contributed by atoms with Crippen molar-refractivity contribution in [3.8, 4) is 11.5 Å². The van der Waals surface area contributed by atoms with Crippen molar-refractivity contribution in [3.63, 3.8) is 0 Å². The summed E-state index contributed by atoms with van der Waals surface area (Å²) in [5.41, 5.74) is -0.0209. The van der Waals surface area contributed by atoms with Crippen molar-refractivity contribution in [1.29, 1.82) is 0 Å². The maximum Gasteiger partial charge on any atom is 0.256 e. The highest BCUT2D eigenvalue weighted by atomic mass is 35.5. The third-order valence-corrected chi connectivity index (χ3v) is 1.90. The number of hydrogen-bond acceptors (Lipinski definition) is 3. The minimum absolute atomic E-state index is 0.00326. The fraction of sp³-hybridized carbons (Fsp3) is 0.222. The maximum atomic E-state index is 13.4. The number of halogens is 2. The molecule has 0 aliphatic carbocycles. The Morgan fingerprint density at radius 3 is 2.43 bits per heavy atom. The smallest absolute Gasteiger partial charge is 0.256 e. The van der Waals surface area contributed by atoms with Gasteiger partial charge < -0.3 is 9.47 Å². The molecule has 76 valence electrons. The maximum absolute atomic E-state index is 13.4. The average molecular weight is 219 g/mol. The molecule has 0 saturated carbocycles. The first-order chi connectivity index (χ1) is 6.61. The van der Waals surface area contributed by atoms with Gasteiger partial charge in [0.05, 0.1) is 19.8 Å². The van der Waals surface area contributed by atoms with Crippen LogP contribution in [0.25, 0.3) is 0 Å². The summed E-state index contributed by atoms with van der Waals surface area (Å²) < 4.78 is 22.9. The summed E-state index contributed by atoms with van der Waals surface area (Å²) >= 11 is 5.23. The quantitative estimate of drug-likeness (QED) is 0.730. The molecule has 0 radical (unpaired) electrons. The molecule has 0 aromatic heterocycles. The summed E-state index contributed by atoms with van der Waals surface area (Å²) in [6, 6.07) is 2.66. The molecule has 0 aliphatic rings. The van der Waals surface area contributed by atoms with Crippen LogP contribution in [0.4, 0.5) is 4.39 Å². The first-order valence-corrected chi connectivity index (χ1v) is 4.10. The second-order valence-corrected chi connectivity index (χ2v) is 2.78. The average Bonchev–Trinajstić information content (AvgIpc) is 2.17. The Kier molecular flexibility index (Phi) is 3.30. The zero-order chi connectivity index (χ0) is 10.7. The minimum atomic E-state index is -0.775. The fourth-order valence-electron chi connectivity index (χ4n) is 1.05. The molecular weight excluding hydrogens is 211 g/mol. The molecule has 14 heavy (non-hydrogen) atoms. The number of benzene rings is 1. The Hall–Kier alpha value is -1.29. The SMILES string of the molecule is COc1ccc(C(=O)Cl)c(OC)c1F. The third-order valence-electron chi connectivity index (χ3n) is 1.70. The van der Waals surface area contributed by atoms with Gasteiger partial charge in [-0.15, -0.1) is 0 Å². The Bertz CT molecular complexity index is 365. The molecule has 0 bridgehead atoms. The van der Waals surface area contributed by atoms with E-state index in [1.165, 1.54) is 26.4 Å². The highest BCUT2D eigenvalue weighted by Crippen LogP contribution is 2.30. The van der Waals surface area contributed by atoms with Gasteiger partial charge in [0.1, 0.15) is 0 Å². The van der Waals surface area contributed by atoms with E-state index in [0.29, 0.717) is 0 Å². The van der Waals surface area contributed by atoms with E-state index >= 15 is 0 Å². The molecule has 0 heterocycles. The van der Waals surface area contributed by atoms with Gasteiger partial charge in [0.15, 0.2) is 11.5 Å². The van der Waals surface area contributed by atoms with E-state index < -0.39 is 11.1 Å². The second kappa shape index (κ2) is 4.28. The molecule has 0 atom stereocenters. The highest BCUT2D eigenvalue weighted by molar-refractivity contribution is 6.68. The molecule has 0 fully saturated rings. The van der Waals surface area contributed by atoms with Crippen molar-refractivity contribution in [2.45, 2.75) is 0 Å². The van der Waals surface area contributed by atoms with Crippen molar-refractivity contribution >= 4 is 16.8 Å². The van der Waals surface area contributed by atoms with Crippen LogP contribution < -0.4 is 9.47 Å². The van der Waals surface area contributed by atoms with Crippen LogP contribution in [0.2, 0.25) is 0 Å². The lowest BCUT2D eigenvalue weighted by molar-refractivity contribution is 0.107. The normalized spacial score (nSPS) is 9.71. The van der Waals surface area contributed by atoms with E-state index in [9.17, 15) is 9.18 Å². The van der Waals surface area contributed by atoms with Crippen LogP contribution in [0.3, 0.4) is 0 Å². The zero-order valence-corrected chi connectivity index (χ0v) is 8.39. The molecule has 0 saturated heterocycles. The number of carbonyl (C=O) groups is 1. The predicted molar refractivity (Wildman–Crippen MR) is 49.7 cm³/mol. The van der Waals surface area contributed by atoms with Gasteiger partial charge in [-0.05, 0) is 23.7 Å². The van der Waals surface area contributed by atoms with Crippen molar-refractivity contribution in [2.75, 3.05) is 14.2 Å². The lowest BCUT2D eigenvalue weighted by atomic mass is 10.2. The molecule has 5 heteroatoms. The van der Waals surface area contributed by atoms with E-state index in [4.69, 9.17) is 21.1 Å². The van der Waals surface area contributed by atoms with Crippen molar-refractivity contribution in [1.82, 2.24) is 0 Å². The topological polar surface area (TPSA) is 35.5 Å². The van der Waals surface area contributed by atoms with Gasteiger partial charge in [0.2, 0.25) is 5.82 Å². The molecule has 1 aromatic rings. The van der Waals surface area contributed by atoms with Crippen LogP contribution in [-0.4, -0.2) is 19.5 Å². The minimum Gasteiger partial charge on any atom is -0.494 e. The zero-order valence-electron chi connectivity index (χ0n) is 7.64. The third kappa shape index (κ3) is 1.80. The van der Waals surface area contributed by atoms with Crippen LogP contribution in [-0.2, 0) is 0 Å². The van der Waals surface area contributed by atoms with E-state index in [0.717, 1.165) is 0 Å². The standard InChI is InChI=1S/C9H8ClFO3/c1-13-6-4-3-5(9(10)12)8(14-2)7(6)11/h3-4H,1-2H3. The first kappa shape index (κ1) is 10.8. The summed E-state index contributed by atoms with van der Waals surface area (Å²) in [7, 11) is 2.57. The van der Waals surface area contributed by atoms with Gasteiger partial charge in [-0.3, -0.25) is 4.79 Å². The molecule has 1 aromatic carbocycles. The Morgan fingerprint density at radius 1 is 1.36 bits per heavy atom. The highest BCUT2D eigenvalue weighted by Gasteiger charge is 2.18. The molecule has 3 nitrogen and oxygen atoms in total. The van der Waals surface area contributed by atoms with Gasteiger partial charge >= 0.3 is 0 Å². The van der Waals surface area contributed by atoms with Crippen LogP contribution in [0.15, 0.2) is 12.1 Å². The number of hydrogen-bond donors (Lipinski definition) is 0. The van der Waals surface area contributed by atoms with Crippen molar-refractivity contribution < 1.29 is 18.7 Å².